The normalized spacial score (nSPS) is 15.1. The lowest BCUT2D eigenvalue weighted by Gasteiger charge is -2.20. The van der Waals surface area contributed by atoms with Crippen LogP contribution in [0, 0.1) is 5.41 Å². The number of hydrogen-bond donors (Lipinski definition) is 2. The third-order valence-corrected chi connectivity index (χ3v) is 5.39. The highest BCUT2D eigenvalue weighted by atomic mass is 35.5. The molecular formula is C22H25ClN2O2. The van der Waals surface area contributed by atoms with Gasteiger partial charge in [-0.3, -0.25) is 9.59 Å². The molecule has 1 fully saturated rings. The maximum absolute atomic E-state index is 12.7. The second-order valence-electron chi connectivity index (χ2n) is 8.14. The first-order valence-electron chi connectivity index (χ1n) is 9.16. The van der Waals surface area contributed by atoms with Gasteiger partial charge >= 0.3 is 0 Å². The molecule has 0 aliphatic heterocycles. The Balaban J connectivity index is 1.62. The van der Waals surface area contributed by atoms with Crippen LogP contribution in [0.4, 0.5) is 5.69 Å². The van der Waals surface area contributed by atoms with Crippen LogP contribution in [-0.2, 0) is 21.5 Å². The number of anilines is 1. The first-order chi connectivity index (χ1) is 12.7. The fourth-order valence-electron chi connectivity index (χ4n) is 2.97. The van der Waals surface area contributed by atoms with Crippen LogP contribution in [0.5, 0.6) is 0 Å². The number of nitrogens with one attached hydrogen (secondary N) is 2. The molecule has 0 radical (unpaired) electrons. The average Bonchev–Trinajstić information content (AvgIpc) is 3.42. The lowest BCUT2D eigenvalue weighted by molar-refractivity contribution is -0.134. The molecule has 27 heavy (non-hydrogen) atoms. The van der Waals surface area contributed by atoms with Crippen LogP contribution in [0.1, 0.15) is 44.7 Å². The minimum Gasteiger partial charge on any atom is -0.351 e. The van der Waals surface area contributed by atoms with E-state index in [0.717, 1.165) is 5.56 Å². The number of carbonyl (C=O) groups excluding carboxylic acids is 2. The number of halogens is 1. The minimum absolute atomic E-state index is 0.0544. The molecule has 2 aromatic rings. The van der Waals surface area contributed by atoms with Crippen LogP contribution in [0.2, 0.25) is 5.02 Å². The Hall–Kier alpha value is -2.33. The van der Waals surface area contributed by atoms with E-state index in [-0.39, 0.29) is 17.2 Å². The first-order valence-corrected chi connectivity index (χ1v) is 9.54. The number of carbonyl (C=O) groups is 2. The predicted octanol–water partition coefficient (Wildman–Crippen LogP) is 4.67. The van der Waals surface area contributed by atoms with Gasteiger partial charge in [0, 0.05) is 17.3 Å². The summed E-state index contributed by atoms with van der Waals surface area (Å²) in [4.78, 5) is 25.3. The van der Waals surface area contributed by atoms with Gasteiger partial charge in [-0.1, -0.05) is 62.7 Å². The second kappa shape index (κ2) is 7.35. The van der Waals surface area contributed by atoms with Crippen LogP contribution < -0.4 is 10.6 Å². The molecule has 2 N–H and O–H groups in total. The lowest BCUT2D eigenvalue weighted by Crippen LogP contribution is -2.39. The zero-order valence-electron chi connectivity index (χ0n) is 15.9. The lowest BCUT2D eigenvalue weighted by atomic mass is 9.87. The number of amides is 2. The highest BCUT2D eigenvalue weighted by Crippen LogP contribution is 2.47. The van der Waals surface area contributed by atoms with Crippen molar-refractivity contribution < 1.29 is 9.59 Å². The first kappa shape index (κ1) is 19.4. The summed E-state index contributed by atoms with van der Waals surface area (Å²) in [5, 5.41) is 6.34. The van der Waals surface area contributed by atoms with Gasteiger partial charge in [-0.15, -0.1) is 0 Å². The van der Waals surface area contributed by atoms with Gasteiger partial charge < -0.3 is 10.6 Å². The highest BCUT2D eigenvalue weighted by molar-refractivity contribution is 6.31. The molecule has 0 unspecified atom stereocenters. The van der Waals surface area contributed by atoms with E-state index in [4.69, 9.17) is 11.6 Å². The molecule has 0 saturated heterocycles. The van der Waals surface area contributed by atoms with Gasteiger partial charge in [0.1, 0.15) is 5.41 Å². The number of hydrogen-bond acceptors (Lipinski definition) is 2. The maximum Gasteiger partial charge on any atom is 0.240 e. The molecule has 5 heteroatoms. The summed E-state index contributed by atoms with van der Waals surface area (Å²) >= 11 is 6.12. The van der Waals surface area contributed by atoms with Crippen LogP contribution in [0.15, 0.2) is 48.5 Å². The highest BCUT2D eigenvalue weighted by Gasteiger charge is 2.56. The molecule has 142 valence electrons. The van der Waals surface area contributed by atoms with Crippen molar-refractivity contribution in [3.05, 3.63) is 64.7 Å². The molecule has 2 amide bonds. The van der Waals surface area contributed by atoms with Crippen molar-refractivity contribution in [1.82, 2.24) is 5.32 Å². The van der Waals surface area contributed by atoms with Gasteiger partial charge in [0.2, 0.25) is 11.8 Å². The number of rotatable bonds is 5. The SMILES string of the molecule is CC(C)(C)c1ccc(NC(=O)C2(C(=O)NCc3ccccc3Cl)CC2)cc1. The number of benzene rings is 2. The summed E-state index contributed by atoms with van der Waals surface area (Å²) in [6.45, 7) is 6.74. The van der Waals surface area contributed by atoms with E-state index in [2.05, 4.69) is 31.4 Å². The Bertz CT molecular complexity index is 849. The summed E-state index contributed by atoms with van der Waals surface area (Å²) in [6.07, 6.45) is 1.13. The molecule has 0 atom stereocenters. The summed E-state index contributed by atoms with van der Waals surface area (Å²) in [5.74, 6) is -0.492. The predicted molar refractivity (Wildman–Crippen MR) is 109 cm³/mol. The van der Waals surface area contributed by atoms with Crippen molar-refractivity contribution in [1.29, 1.82) is 0 Å². The smallest absolute Gasteiger partial charge is 0.240 e. The molecule has 0 heterocycles. The quantitative estimate of drug-likeness (QED) is 0.736. The van der Waals surface area contributed by atoms with Crippen LogP contribution in [0.3, 0.4) is 0 Å². The maximum atomic E-state index is 12.7. The average molecular weight is 385 g/mol. The van der Waals surface area contributed by atoms with Crippen molar-refractivity contribution in [2.75, 3.05) is 5.32 Å². The van der Waals surface area contributed by atoms with Crippen molar-refractivity contribution in [3.63, 3.8) is 0 Å². The molecule has 1 aliphatic rings. The Labute approximate surface area is 165 Å². The van der Waals surface area contributed by atoms with E-state index in [1.165, 1.54) is 5.56 Å². The summed E-state index contributed by atoms with van der Waals surface area (Å²) in [5.41, 5.74) is 1.82. The van der Waals surface area contributed by atoms with E-state index >= 15 is 0 Å². The Kier molecular flexibility index (Phi) is 5.29. The van der Waals surface area contributed by atoms with Gasteiger partial charge in [-0.2, -0.15) is 0 Å². The largest absolute Gasteiger partial charge is 0.351 e. The van der Waals surface area contributed by atoms with Crippen molar-refractivity contribution in [3.8, 4) is 0 Å². The summed E-state index contributed by atoms with van der Waals surface area (Å²) in [6, 6.07) is 15.1. The molecule has 1 aliphatic carbocycles. The zero-order valence-corrected chi connectivity index (χ0v) is 16.7. The zero-order chi connectivity index (χ0) is 19.7. The molecule has 3 rings (SSSR count). The van der Waals surface area contributed by atoms with E-state index in [1.807, 2.05) is 42.5 Å². The summed E-state index contributed by atoms with van der Waals surface area (Å²) < 4.78 is 0. The molecular weight excluding hydrogens is 360 g/mol. The third-order valence-electron chi connectivity index (χ3n) is 5.03. The Morgan fingerprint density at radius 3 is 2.19 bits per heavy atom. The third kappa shape index (κ3) is 4.33. The van der Waals surface area contributed by atoms with E-state index in [0.29, 0.717) is 30.1 Å². The van der Waals surface area contributed by atoms with E-state index in [9.17, 15) is 9.59 Å². The fourth-order valence-corrected chi connectivity index (χ4v) is 3.18. The van der Waals surface area contributed by atoms with Crippen LogP contribution in [0.25, 0.3) is 0 Å². The van der Waals surface area contributed by atoms with Gasteiger partial charge in [0.05, 0.1) is 0 Å². The molecule has 1 saturated carbocycles. The van der Waals surface area contributed by atoms with Crippen molar-refractivity contribution >= 4 is 29.1 Å². The van der Waals surface area contributed by atoms with Crippen molar-refractivity contribution in [2.24, 2.45) is 5.41 Å². The Morgan fingerprint density at radius 1 is 1.00 bits per heavy atom. The molecule has 0 spiro atoms. The topological polar surface area (TPSA) is 58.2 Å². The monoisotopic (exact) mass is 384 g/mol. The fraction of sp³-hybridized carbons (Fsp3) is 0.364. The van der Waals surface area contributed by atoms with Crippen LogP contribution >= 0.6 is 11.6 Å². The van der Waals surface area contributed by atoms with Gasteiger partial charge in [-0.25, -0.2) is 0 Å². The van der Waals surface area contributed by atoms with Gasteiger partial charge in [0.25, 0.3) is 0 Å². The van der Waals surface area contributed by atoms with E-state index < -0.39 is 5.41 Å². The van der Waals surface area contributed by atoms with Gasteiger partial charge in [0.15, 0.2) is 0 Å². The molecule has 2 aromatic carbocycles. The van der Waals surface area contributed by atoms with Gasteiger partial charge in [-0.05, 0) is 47.6 Å². The molecule has 0 bridgehead atoms. The van der Waals surface area contributed by atoms with Crippen LogP contribution in [-0.4, -0.2) is 11.8 Å². The second-order valence-corrected chi connectivity index (χ2v) is 8.54. The molecule has 0 aromatic heterocycles. The van der Waals surface area contributed by atoms with Crippen molar-refractivity contribution in [2.45, 2.75) is 45.6 Å². The molecule has 4 nitrogen and oxygen atoms in total. The summed E-state index contributed by atoms with van der Waals surface area (Å²) in [7, 11) is 0. The minimum atomic E-state index is -0.968. The Morgan fingerprint density at radius 2 is 1.63 bits per heavy atom. The standard InChI is InChI=1S/C22H25ClN2O2/c1-21(2,3)16-8-10-17(11-9-16)25-20(27)22(12-13-22)19(26)24-14-15-6-4-5-7-18(15)23/h4-11H,12-14H2,1-3H3,(H,24,26)(H,25,27). The van der Waals surface area contributed by atoms with E-state index in [1.54, 1.807) is 6.07 Å².